The van der Waals surface area contributed by atoms with Gasteiger partial charge in [-0.15, -0.1) is 11.3 Å². The van der Waals surface area contributed by atoms with E-state index in [9.17, 15) is 15.4 Å². The number of aromatic nitrogens is 1. The zero-order valence-corrected chi connectivity index (χ0v) is 17.8. The van der Waals surface area contributed by atoms with Crippen molar-refractivity contribution in [2.75, 3.05) is 12.4 Å². The van der Waals surface area contributed by atoms with Crippen LogP contribution < -0.4 is 10.1 Å². The summed E-state index contributed by atoms with van der Waals surface area (Å²) in [4.78, 5) is 15.3. The lowest BCUT2D eigenvalue weighted by atomic mass is 10.0. The lowest BCUT2D eigenvalue weighted by Crippen LogP contribution is -1.99. The monoisotopic (exact) mass is 420 g/mol. The van der Waals surface area contributed by atoms with E-state index in [-0.39, 0.29) is 11.4 Å². The molecule has 30 heavy (non-hydrogen) atoms. The fourth-order valence-corrected chi connectivity index (χ4v) is 3.83. The molecule has 0 bridgehead atoms. The van der Waals surface area contributed by atoms with Gasteiger partial charge in [0, 0.05) is 35.0 Å². The molecule has 8 heteroatoms. The van der Waals surface area contributed by atoms with Crippen LogP contribution in [0, 0.1) is 42.2 Å². The fraction of sp³-hybridized carbons (Fsp3) is 0.182. The Balaban J connectivity index is 1.90. The number of hydrogen-bond acceptors (Lipinski definition) is 7. The van der Waals surface area contributed by atoms with Gasteiger partial charge in [-0.1, -0.05) is 23.8 Å². The Bertz CT molecular complexity index is 1190. The third-order valence-electron chi connectivity index (χ3n) is 4.61. The van der Waals surface area contributed by atoms with E-state index in [1.807, 2.05) is 31.4 Å². The molecule has 1 aromatic heterocycles. The fourth-order valence-electron chi connectivity index (χ4n) is 3.05. The minimum Gasteiger partial charge on any atom is -0.490 e. The standard InChI is InChI=1S/C22H20N4O3S/c1-13-5-6-17(14(2)7-13)19-12-30-22(25-19)16(10-23)11-24-18-9-21(29-4)20(26(27)28)8-15(18)3/h5-9,11-12,24H,1-4H3. The number of rotatable bonds is 6. The van der Waals surface area contributed by atoms with E-state index in [1.54, 1.807) is 19.2 Å². The number of nitrogens with one attached hydrogen (secondary N) is 1. The van der Waals surface area contributed by atoms with Crippen LogP contribution in [-0.2, 0) is 0 Å². The Morgan fingerprint density at radius 3 is 2.67 bits per heavy atom. The average molecular weight is 420 g/mol. The minimum atomic E-state index is -0.490. The lowest BCUT2D eigenvalue weighted by molar-refractivity contribution is -0.385. The Morgan fingerprint density at radius 2 is 2.03 bits per heavy atom. The molecule has 7 nitrogen and oxygen atoms in total. The summed E-state index contributed by atoms with van der Waals surface area (Å²) in [6.07, 6.45) is 1.55. The van der Waals surface area contributed by atoms with Crippen LogP contribution in [0.4, 0.5) is 11.4 Å². The first kappa shape index (κ1) is 21.0. The molecule has 0 spiro atoms. The van der Waals surface area contributed by atoms with Crippen molar-refractivity contribution in [1.82, 2.24) is 4.98 Å². The van der Waals surface area contributed by atoms with Crippen LogP contribution in [0.15, 0.2) is 41.9 Å². The van der Waals surface area contributed by atoms with E-state index in [0.717, 1.165) is 16.8 Å². The number of hydrogen-bond donors (Lipinski definition) is 1. The third kappa shape index (κ3) is 4.31. The molecule has 0 radical (unpaired) electrons. The number of methoxy groups -OCH3 is 1. The van der Waals surface area contributed by atoms with Gasteiger partial charge >= 0.3 is 5.69 Å². The molecule has 2 aromatic carbocycles. The number of nitro benzene ring substituents is 1. The van der Waals surface area contributed by atoms with E-state index >= 15 is 0 Å². The number of nitriles is 1. The SMILES string of the molecule is COc1cc(NC=C(C#N)c2nc(-c3ccc(C)cc3C)cs2)c(C)cc1[N+](=O)[O-]. The number of benzene rings is 2. The van der Waals surface area contributed by atoms with Gasteiger partial charge in [-0.05, 0) is 31.9 Å². The second-order valence-electron chi connectivity index (χ2n) is 6.77. The summed E-state index contributed by atoms with van der Waals surface area (Å²) in [7, 11) is 1.38. The van der Waals surface area contributed by atoms with Crippen molar-refractivity contribution < 1.29 is 9.66 Å². The second-order valence-corrected chi connectivity index (χ2v) is 7.62. The summed E-state index contributed by atoms with van der Waals surface area (Å²) < 4.78 is 5.11. The highest BCUT2D eigenvalue weighted by Gasteiger charge is 2.17. The summed E-state index contributed by atoms with van der Waals surface area (Å²) in [5.41, 5.74) is 5.69. The molecule has 1 N–H and O–H groups in total. The van der Waals surface area contributed by atoms with Crippen molar-refractivity contribution in [2.24, 2.45) is 0 Å². The van der Waals surface area contributed by atoms with E-state index < -0.39 is 4.92 Å². The highest BCUT2D eigenvalue weighted by Crippen LogP contribution is 2.33. The molecule has 0 fully saturated rings. The third-order valence-corrected chi connectivity index (χ3v) is 5.48. The molecule has 0 saturated carbocycles. The molecular weight excluding hydrogens is 400 g/mol. The quantitative estimate of drug-likeness (QED) is 0.315. The summed E-state index contributed by atoms with van der Waals surface area (Å²) in [6, 6.07) is 11.3. The number of allylic oxidation sites excluding steroid dienone is 1. The first-order valence-electron chi connectivity index (χ1n) is 9.07. The van der Waals surface area contributed by atoms with E-state index in [0.29, 0.717) is 21.8 Å². The number of ether oxygens (including phenoxy) is 1. The van der Waals surface area contributed by atoms with Crippen LogP contribution in [0.5, 0.6) is 5.75 Å². The van der Waals surface area contributed by atoms with Crippen molar-refractivity contribution in [2.45, 2.75) is 20.8 Å². The summed E-state index contributed by atoms with van der Waals surface area (Å²) >= 11 is 1.39. The average Bonchev–Trinajstić information content (AvgIpc) is 3.18. The first-order chi connectivity index (χ1) is 14.3. The van der Waals surface area contributed by atoms with Crippen LogP contribution in [0.25, 0.3) is 16.8 Å². The van der Waals surface area contributed by atoms with Crippen LogP contribution in [0.1, 0.15) is 21.7 Å². The lowest BCUT2D eigenvalue weighted by Gasteiger charge is -2.09. The Morgan fingerprint density at radius 1 is 1.27 bits per heavy atom. The van der Waals surface area contributed by atoms with Crippen molar-refractivity contribution in [1.29, 1.82) is 5.26 Å². The van der Waals surface area contributed by atoms with Gasteiger partial charge in [-0.2, -0.15) is 5.26 Å². The second kappa shape index (κ2) is 8.76. The number of aryl methyl sites for hydroxylation is 3. The molecule has 0 amide bonds. The van der Waals surface area contributed by atoms with Crippen LogP contribution in [0.3, 0.4) is 0 Å². The topological polar surface area (TPSA) is 101 Å². The summed E-state index contributed by atoms with van der Waals surface area (Å²) in [5.74, 6) is 0.145. The molecule has 3 rings (SSSR count). The maximum absolute atomic E-state index is 11.1. The van der Waals surface area contributed by atoms with Gasteiger partial charge in [0.05, 0.1) is 17.7 Å². The van der Waals surface area contributed by atoms with Crippen molar-refractivity contribution in [3.63, 3.8) is 0 Å². The molecule has 0 atom stereocenters. The van der Waals surface area contributed by atoms with Gasteiger partial charge in [0.25, 0.3) is 0 Å². The zero-order valence-electron chi connectivity index (χ0n) is 17.0. The predicted octanol–water partition coefficient (Wildman–Crippen LogP) is 5.63. The first-order valence-corrected chi connectivity index (χ1v) is 9.95. The molecule has 0 saturated heterocycles. The van der Waals surface area contributed by atoms with Gasteiger partial charge in [0.15, 0.2) is 5.75 Å². The van der Waals surface area contributed by atoms with E-state index in [1.165, 1.54) is 30.1 Å². The van der Waals surface area contributed by atoms with Gasteiger partial charge < -0.3 is 10.1 Å². The molecule has 3 aromatic rings. The van der Waals surface area contributed by atoms with Crippen molar-refractivity contribution >= 4 is 28.3 Å². The number of thiazole rings is 1. The molecule has 152 valence electrons. The van der Waals surface area contributed by atoms with Gasteiger partial charge in [-0.3, -0.25) is 10.1 Å². The predicted molar refractivity (Wildman–Crippen MR) is 119 cm³/mol. The largest absolute Gasteiger partial charge is 0.490 e. The van der Waals surface area contributed by atoms with E-state index in [2.05, 4.69) is 22.4 Å². The maximum atomic E-state index is 11.1. The minimum absolute atomic E-state index is 0.108. The van der Waals surface area contributed by atoms with Crippen LogP contribution >= 0.6 is 11.3 Å². The van der Waals surface area contributed by atoms with E-state index in [4.69, 9.17) is 4.74 Å². The van der Waals surface area contributed by atoms with Gasteiger partial charge in [0.2, 0.25) is 0 Å². The Labute approximate surface area is 178 Å². The number of nitro groups is 1. The summed E-state index contributed by atoms with van der Waals surface area (Å²) in [6.45, 7) is 5.83. The van der Waals surface area contributed by atoms with Crippen LogP contribution in [-0.4, -0.2) is 17.0 Å². The van der Waals surface area contributed by atoms with Crippen LogP contribution in [0.2, 0.25) is 0 Å². The molecule has 0 aliphatic heterocycles. The zero-order chi connectivity index (χ0) is 21.8. The van der Waals surface area contributed by atoms with Crippen molar-refractivity contribution in [3.8, 4) is 23.1 Å². The summed E-state index contributed by atoms with van der Waals surface area (Å²) in [5, 5.41) is 26.3. The van der Waals surface area contributed by atoms with Crippen molar-refractivity contribution in [3.05, 3.63) is 73.7 Å². The molecule has 0 aliphatic carbocycles. The normalized spacial score (nSPS) is 11.1. The molecule has 0 unspecified atom stereocenters. The Hall–Kier alpha value is -3.70. The number of anilines is 1. The highest BCUT2D eigenvalue weighted by atomic mass is 32.1. The highest BCUT2D eigenvalue weighted by molar-refractivity contribution is 7.11. The Kier molecular flexibility index (Phi) is 6.14. The molecular formula is C22H20N4O3S. The van der Waals surface area contributed by atoms with Gasteiger partial charge in [0.1, 0.15) is 16.6 Å². The molecule has 0 aliphatic rings. The smallest absolute Gasteiger partial charge is 0.311 e. The number of nitrogens with zero attached hydrogens (tertiary/aromatic N) is 3. The maximum Gasteiger partial charge on any atom is 0.311 e. The van der Waals surface area contributed by atoms with Gasteiger partial charge in [-0.25, -0.2) is 4.98 Å². The molecule has 1 heterocycles.